The van der Waals surface area contributed by atoms with Gasteiger partial charge in [0.15, 0.2) is 6.04 Å². The number of aromatic amines is 1. The molecule has 2 amide bonds. The summed E-state index contributed by atoms with van der Waals surface area (Å²) < 4.78 is 0. The van der Waals surface area contributed by atoms with E-state index in [0.717, 1.165) is 10.4 Å². The lowest BCUT2D eigenvalue weighted by Crippen LogP contribution is -2.40. The third-order valence-corrected chi connectivity index (χ3v) is 3.09. The Kier molecular flexibility index (Phi) is 3.56. The fourth-order valence-corrected chi connectivity index (χ4v) is 2.29. The Balaban J connectivity index is 2.62. The number of imide groups is 1. The standard InChI is InChI=1S/C14H14N2O4/c1-8(17)16(9(2)18)13(14(19)20)11-7-15-12-6-4-3-5-10(11)12/h3-7,13,15H,1-2H3,(H,19,20)/t13-/m0/s1. The van der Waals surface area contributed by atoms with Crippen LogP contribution in [0.2, 0.25) is 0 Å². The number of nitrogens with one attached hydrogen (secondary N) is 1. The Morgan fingerprint density at radius 3 is 2.30 bits per heavy atom. The van der Waals surface area contributed by atoms with E-state index >= 15 is 0 Å². The van der Waals surface area contributed by atoms with Crippen molar-refractivity contribution < 1.29 is 19.5 Å². The fraction of sp³-hybridized carbons (Fsp3) is 0.214. The second kappa shape index (κ2) is 5.16. The number of aromatic nitrogens is 1. The molecule has 0 aliphatic rings. The minimum absolute atomic E-state index is 0.388. The highest BCUT2D eigenvalue weighted by molar-refractivity contribution is 5.99. The molecule has 104 valence electrons. The molecule has 0 unspecified atom stereocenters. The van der Waals surface area contributed by atoms with Crippen molar-refractivity contribution in [2.24, 2.45) is 0 Å². The van der Waals surface area contributed by atoms with Crippen LogP contribution >= 0.6 is 0 Å². The minimum atomic E-state index is -1.33. The van der Waals surface area contributed by atoms with Crippen LogP contribution in [0.15, 0.2) is 30.5 Å². The molecule has 2 N–H and O–H groups in total. The fourth-order valence-electron chi connectivity index (χ4n) is 2.29. The van der Waals surface area contributed by atoms with Crippen molar-refractivity contribution in [2.75, 3.05) is 0 Å². The van der Waals surface area contributed by atoms with Crippen LogP contribution < -0.4 is 0 Å². The molecule has 1 atom stereocenters. The zero-order valence-electron chi connectivity index (χ0n) is 11.1. The molecular formula is C14H14N2O4. The van der Waals surface area contributed by atoms with Gasteiger partial charge in [0, 0.05) is 36.5 Å². The summed E-state index contributed by atoms with van der Waals surface area (Å²) in [5, 5.41) is 10.1. The Labute approximate surface area is 115 Å². The lowest BCUT2D eigenvalue weighted by atomic mass is 10.0. The van der Waals surface area contributed by atoms with Crippen molar-refractivity contribution >= 4 is 28.7 Å². The van der Waals surface area contributed by atoms with Gasteiger partial charge in [-0.15, -0.1) is 0 Å². The van der Waals surface area contributed by atoms with Gasteiger partial charge in [-0.05, 0) is 6.07 Å². The molecule has 2 rings (SSSR count). The number of para-hydroxylation sites is 1. The number of nitrogens with zero attached hydrogens (tertiary/aromatic N) is 1. The molecule has 6 nitrogen and oxygen atoms in total. The maximum atomic E-state index is 11.6. The quantitative estimate of drug-likeness (QED) is 0.891. The molecule has 0 radical (unpaired) electrons. The minimum Gasteiger partial charge on any atom is -0.479 e. The summed E-state index contributed by atoms with van der Waals surface area (Å²) in [4.78, 5) is 38.4. The van der Waals surface area contributed by atoms with Gasteiger partial charge in [-0.1, -0.05) is 18.2 Å². The molecule has 0 spiro atoms. The van der Waals surface area contributed by atoms with E-state index < -0.39 is 23.8 Å². The normalized spacial score (nSPS) is 12.1. The maximum absolute atomic E-state index is 11.6. The Morgan fingerprint density at radius 1 is 1.15 bits per heavy atom. The van der Waals surface area contributed by atoms with Crippen molar-refractivity contribution in [2.45, 2.75) is 19.9 Å². The highest BCUT2D eigenvalue weighted by Crippen LogP contribution is 2.28. The van der Waals surface area contributed by atoms with E-state index in [9.17, 15) is 19.5 Å². The molecular weight excluding hydrogens is 260 g/mol. The van der Waals surface area contributed by atoms with Crippen LogP contribution in [0.4, 0.5) is 0 Å². The van der Waals surface area contributed by atoms with Gasteiger partial charge in [0.25, 0.3) is 0 Å². The first-order chi connectivity index (χ1) is 9.43. The van der Waals surface area contributed by atoms with E-state index in [2.05, 4.69) is 4.98 Å². The average Bonchev–Trinajstić information content (AvgIpc) is 2.78. The number of amides is 2. The predicted octanol–water partition coefficient (Wildman–Crippen LogP) is 1.69. The van der Waals surface area contributed by atoms with Gasteiger partial charge >= 0.3 is 5.97 Å². The van der Waals surface area contributed by atoms with E-state index in [1.165, 1.54) is 20.0 Å². The van der Waals surface area contributed by atoms with E-state index in [4.69, 9.17) is 0 Å². The van der Waals surface area contributed by atoms with E-state index in [1.807, 2.05) is 6.07 Å². The molecule has 1 aromatic heterocycles. The number of carboxylic acid groups (broad SMARTS) is 1. The Hall–Kier alpha value is -2.63. The molecule has 0 aliphatic carbocycles. The molecule has 0 saturated carbocycles. The van der Waals surface area contributed by atoms with E-state index in [1.54, 1.807) is 18.2 Å². The summed E-state index contributed by atoms with van der Waals surface area (Å²) >= 11 is 0. The first-order valence-electron chi connectivity index (χ1n) is 6.02. The molecule has 20 heavy (non-hydrogen) atoms. The summed E-state index contributed by atoms with van der Waals surface area (Å²) in [5.74, 6) is -2.45. The van der Waals surface area contributed by atoms with Gasteiger partial charge < -0.3 is 10.1 Å². The van der Waals surface area contributed by atoms with Crippen LogP contribution in [0.25, 0.3) is 10.9 Å². The van der Waals surface area contributed by atoms with Gasteiger partial charge in [-0.2, -0.15) is 0 Å². The number of fused-ring (bicyclic) bond motifs is 1. The monoisotopic (exact) mass is 274 g/mol. The number of hydrogen-bond donors (Lipinski definition) is 2. The van der Waals surface area contributed by atoms with Crippen molar-refractivity contribution in [1.82, 2.24) is 9.88 Å². The van der Waals surface area contributed by atoms with Crippen molar-refractivity contribution in [1.29, 1.82) is 0 Å². The third kappa shape index (κ3) is 2.27. The lowest BCUT2D eigenvalue weighted by molar-refractivity contribution is -0.156. The van der Waals surface area contributed by atoms with Gasteiger partial charge in [0.1, 0.15) is 0 Å². The first kappa shape index (κ1) is 13.8. The van der Waals surface area contributed by atoms with Crippen molar-refractivity contribution in [3.8, 4) is 0 Å². The topological polar surface area (TPSA) is 90.5 Å². The Bertz CT molecular complexity index is 675. The second-order valence-electron chi connectivity index (χ2n) is 4.44. The van der Waals surface area contributed by atoms with Crippen LogP contribution in [-0.2, 0) is 14.4 Å². The second-order valence-corrected chi connectivity index (χ2v) is 4.44. The number of aliphatic carboxylic acids is 1. The predicted molar refractivity (Wildman–Crippen MR) is 71.9 cm³/mol. The summed E-state index contributed by atoms with van der Waals surface area (Å²) in [6.45, 7) is 2.35. The van der Waals surface area contributed by atoms with Crippen LogP contribution in [-0.4, -0.2) is 32.8 Å². The molecule has 0 fully saturated rings. The molecule has 1 heterocycles. The van der Waals surface area contributed by atoms with Gasteiger partial charge in [-0.3, -0.25) is 14.5 Å². The molecule has 0 aliphatic heterocycles. The summed E-state index contributed by atoms with van der Waals surface area (Å²) in [5.41, 5.74) is 1.14. The van der Waals surface area contributed by atoms with E-state index in [-0.39, 0.29) is 0 Å². The van der Waals surface area contributed by atoms with Crippen molar-refractivity contribution in [3.05, 3.63) is 36.0 Å². The summed E-state index contributed by atoms with van der Waals surface area (Å²) in [6.07, 6.45) is 1.52. The molecule has 0 saturated heterocycles. The van der Waals surface area contributed by atoms with Crippen LogP contribution in [0.1, 0.15) is 25.5 Å². The summed E-state index contributed by atoms with van der Waals surface area (Å²) in [7, 11) is 0. The summed E-state index contributed by atoms with van der Waals surface area (Å²) in [6, 6.07) is 5.79. The Morgan fingerprint density at radius 2 is 1.75 bits per heavy atom. The number of carbonyl (C=O) groups excluding carboxylic acids is 2. The lowest BCUT2D eigenvalue weighted by Gasteiger charge is -2.24. The molecule has 1 aromatic carbocycles. The van der Waals surface area contributed by atoms with Crippen molar-refractivity contribution in [3.63, 3.8) is 0 Å². The maximum Gasteiger partial charge on any atom is 0.331 e. The van der Waals surface area contributed by atoms with Gasteiger partial charge in [0.2, 0.25) is 11.8 Å². The number of rotatable bonds is 3. The number of H-pyrrole nitrogens is 1. The number of carbonyl (C=O) groups is 3. The third-order valence-electron chi connectivity index (χ3n) is 3.09. The van der Waals surface area contributed by atoms with Gasteiger partial charge in [-0.25, -0.2) is 4.79 Å². The highest BCUT2D eigenvalue weighted by Gasteiger charge is 2.34. The SMILES string of the molecule is CC(=O)N(C(C)=O)[C@H](C(=O)O)c1c[nH]c2ccccc12. The van der Waals surface area contributed by atoms with Crippen LogP contribution in [0.3, 0.4) is 0 Å². The number of carboxylic acids is 1. The smallest absolute Gasteiger partial charge is 0.331 e. The zero-order valence-corrected chi connectivity index (χ0v) is 11.1. The van der Waals surface area contributed by atoms with E-state index in [0.29, 0.717) is 10.9 Å². The molecule has 0 bridgehead atoms. The zero-order chi connectivity index (χ0) is 14.9. The highest BCUT2D eigenvalue weighted by atomic mass is 16.4. The average molecular weight is 274 g/mol. The van der Waals surface area contributed by atoms with Gasteiger partial charge in [0.05, 0.1) is 0 Å². The molecule has 6 heteroatoms. The number of benzene rings is 1. The van der Waals surface area contributed by atoms with Crippen LogP contribution in [0, 0.1) is 0 Å². The first-order valence-corrected chi connectivity index (χ1v) is 6.02. The molecule has 2 aromatic rings. The largest absolute Gasteiger partial charge is 0.479 e. The van der Waals surface area contributed by atoms with Crippen LogP contribution in [0.5, 0.6) is 0 Å². The number of hydrogen-bond acceptors (Lipinski definition) is 3.